The molecule has 2 N–H and O–H groups in total. The average Bonchev–Trinajstić information content (AvgIpc) is 2.62. The van der Waals surface area contributed by atoms with Crippen LogP contribution in [0.5, 0.6) is 0 Å². The van der Waals surface area contributed by atoms with Crippen LogP contribution < -0.4 is 11.4 Å². The van der Waals surface area contributed by atoms with Gasteiger partial charge in [-0.15, -0.1) is 0 Å². The maximum Gasteiger partial charge on any atom is 0.346 e. The molecule has 0 aliphatic heterocycles. The summed E-state index contributed by atoms with van der Waals surface area (Å²) in [5.74, 6) is 0. The lowest BCUT2D eigenvalue weighted by Gasteiger charge is -2.10. The largest absolute Gasteiger partial charge is 0.421 e. The number of nitrogens with two attached hydrogens (primary N) is 1. The highest BCUT2D eigenvalue weighted by Gasteiger charge is 2.17. The summed E-state index contributed by atoms with van der Waals surface area (Å²) in [7, 11) is 0. The van der Waals surface area contributed by atoms with Gasteiger partial charge in [-0.3, -0.25) is 4.98 Å². The third kappa shape index (κ3) is 2.08. The Balaban J connectivity index is 2.24. The van der Waals surface area contributed by atoms with E-state index in [9.17, 15) is 4.79 Å². The average molecular weight is 350 g/mol. The van der Waals surface area contributed by atoms with Gasteiger partial charge in [-0.05, 0) is 12.0 Å². The summed E-state index contributed by atoms with van der Waals surface area (Å²) in [5, 5.41) is 11.9. The highest BCUT2D eigenvalue weighted by atomic mass is 35.5. The summed E-state index contributed by atoms with van der Waals surface area (Å²) in [6.07, 6.45) is 2.11. The molecule has 25 heavy (non-hydrogen) atoms. The highest BCUT2D eigenvalue weighted by Crippen LogP contribution is 2.34. The molecule has 6 heteroatoms. The van der Waals surface area contributed by atoms with Crippen LogP contribution in [0.1, 0.15) is 18.1 Å². The molecule has 0 aliphatic rings. The van der Waals surface area contributed by atoms with Gasteiger partial charge in [0.25, 0.3) is 0 Å². The molecule has 0 unspecified atom stereocenters. The number of aryl methyl sites for hydroxylation is 1. The van der Waals surface area contributed by atoms with E-state index < -0.39 is 5.63 Å². The number of rotatable bonds is 1. The van der Waals surface area contributed by atoms with Crippen LogP contribution in [0.3, 0.4) is 0 Å². The third-order valence-electron chi connectivity index (χ3n) is 4.45. The Morgan fingerprint density at radius 1 is 1.24 bits per heavy atom. The molecule has 2 heterocycles. The Labute approximate surface area is 147 Å². The van der Waals surface area contributed by atoms with E-state index in [-0.39, 0.29) is 5.56 Å². The molecule has 0 aliphatic carbocycles. The number of nitriles is 1. The summed E-state index contributed by atoms with van der Waals surface area (Å²) < 4.78 is 5.52. The zero-order valence-electron chi connectivity index (χ0n) is 13.3. The van der Waals surface area contributed by atoms with Crippen molar-refractivity contribution in [2.75, 3.05) is 5.73 Å². The Kier molecular flexibility index (Phi) is 3.38. The number of nitrogens with zero attached hydrogens (tertiary/aromatic N) is 2. The Morgan fingerprint density at radius 2 is 1.96 bits per heavy atom. The van der Waals surface area contributed by atoms with Gasteiger partial charge in [-0.1, -0.05) is 42.8 Å². The molecule has 2 aromatic heterocycles. The minimum atomic E-state index is -0.528. The van der Waals surface area contributed by atoms with Crippen molar-refractivity contribution in [2.24, 2.45) is 0 Å². The van der Waals surface area contributed by atoms with Crippen LogP contribution in [-0.4, -0.2) is 4.98 Å². The first-order chi connectivity index (χ1) is 12.1. The van der Waals surface area contributed by atoms with E-state index in [0.29, 0.717) is 38.0 Å². The molecule has 0 amide bonds. The van der Waals surface area contributed by atoms with Crippen molar-refractivity contribution in [3.63, 3.8) is 0 Å². The fourth-order valence-electron chi connectivity index (χ4n) is 3.13. The number of anilines is 1. The molecular formula is C19H12ClN3O2. The minimum Gasteiger partial charge on any atom is -0.421 e. The fraction of sp³-hybridized carbons (Fsp3) is 0.105. The lowest BCUT2D eigenvalue weighted by molar-refractivity contribution is 0.570. The summed E-state index contributed by atoms with van der Waals surface area (Å²) in [6.45, 7) is 1.99. The third-order valence-corrected chi connectivity index (χ3v) is 4.86. The molecular weight excluding hydrogens is 338 g/mol. The summed E-state index contributed by atoms with van der Waals surface area (Å²) in [5.41, 5.74) is 7.78. The van der Waals surface area contributed by atoms with Gasteiger partial charge < -0.3 is 10.2 Å². The monoisotopic (exact) mass is 349 g/mol. The Morgan fingerprint density at radius 3 is 2.68 bits per heavy atom. The van der Waals surface area contributed by atoms with E-state index >= 15 is 0 Å². The smallest absolute Gasteiger partial charge is 0.346 e. The van der Waals surface area contributed by atoms with Crippen LogP contribution in [-0.2, 0) is 6.42 Å². The predicted octanol–water partition coefficient (Wildman–Crippen LogP) is 4.16. The summed E-state index contributed by atoms with van der Waals surface area (Å²) in [6, 6.07) is 9.37. The van der Waals surface area contributed by atoms with Gasteiger partial charge in [0.2, 0.25) is 0 Å². The number of fused-ring (bicyclic) bond motifs is 5. The second-order valence-corrected chi connectivity index (χ2v) is 6.12. The lowest BCUT2D eigenvalue weighted by atomic mass is 10.0. The highest BCUT2D eigenvalue weighted by molar-refractivity contribution is 6.36. The summed E-state index contributed by atoms with van der Waals surface area (Å²) in [4.78, 5) is 16.9. The van der Waals surface area contributed by atoms with Crippen molar-refractivity contribution in [1.82, 2.24) is 4.98 Å². The predicted molar refractivity (Wildman–Crippen MR) is 98.8 cm³/mol. The van der Waals surface area contributed by atoms with Crippen molar-refractivity contribution in [3.8, 4) is 6.07 Å². The normalized spacial score (nSPS) is 11.2. The molecule has 0 fully saturated rings. The fourth-order valence-corrected chi connectivity index (χ4v) is 3.47. The first-order valence-corrected chi connectivity index (χ1v) is 8.09. The van der Waals surface area contributed by atoms with Gasteiger partial charge in [-0.25, -0.2) is 4.79 Å². The van der Waals surface area contributed by atoms with E-state index in [1.54, 1.807) is 12.1 Å². The van der Waals surface area contributed by atoms with E-state index in [0.717, 1.165) is 17.4 Å². The molecule has 0 bridgehead atoms. The van der Waals surface area contributed by atoms with Crippen molar-refractivity contribution < 1.29 is 4.42 Å². The van der Waals surface area contributed by atoms with Crippen molar-refractivity contribution >= 4 is 49.9 Å². The summed E-state index contributed by atoms with van der Waals surface area (Å²) >= 11 is 6.39. The van der Waals surface area contributed by atoms with Crippen LogP contribution in [0.2, 0.25) is 5.02 Å². The van der Waals surface area contributed by atoms with Gasteiger partial charge in [-0.2, -0.15) is 5.26 Å². The Hall–Kier alpha value is -3.10. The molecule has 4 aromatic rings. The maximum atomic E-state index is 12.7. The van der Waals surface area contributed by atoms with Gasteiger partial charge in [0.15, 0.2) is 5.58 Å². The van der Waals surface area contributed by atoms with Crippen molar-refractivity contribution in [1.29, 1.82) is 5.26 Å². The number of hydrogen-bond acceptors (Lipinski definition) is 5. The first-order valence-electron chi connectivity index (χ1n) is 7.72. The van der Waals surface area contributed by atoms with Gasteiger partial charge in [0, 0.05) is 22.4 Å². The molecule has 0 spiro atoms. The SMILES string of the molecule is CCc1ccc2c(oc(=O)c3c2ccc2c(N)c(C#N)cnc23)c1Cl. The van der Waals surface area contributed by atoms with E-state index in [4.69, 9.17) is 27.0 Å². The van der Waals surface area contributed by atoms with Crippen molar-refractivity contribution in [3.05, 3.63) is 57.0 Å². The van der Waals surface area contributed by atoms with Crippen LogP contribution in [0.25, 0.3) is 32.6 Å². The van der Waals surface area contributed by atoms with Crippen LogP contribution in [0.15, 0.2) is 39.7 Å². The van der Waals surface area contributed by atoms with Crippen LogP contribution >= 0.6 is 11.6 Å². The topological polar surface area (TPSA) is 92.9 Å². The van der Waals surface area contributed by atoms with Crippen molar-refractivity contribution in [2.45, 2.75) is 13.3 Å². The van der Waals surface area contributed by atoms with Gasteiger partial charge in [0.1, 0.15) is 6.07 Å². The number of halogens is 1. The van der Waals surface area contributed by atoms with Gasteiger partial charge in [0.05, 0.1) is 27.2 Å². The minimum absolute atomic E-state index is 0.271. The zero-order valence-corrected chi connectivity index (χ0v) is 14.0. The molecule has 0 radical (unpaired) electrons. The first kappa shape index (κ1) is 15.4. The maximum absolute atomic E-state index is 12.7. The standard InChI is InChI=1S/C19H12ClN3O2/c1-2-9-3-4-12-11-5-6-13-16(22)10(7-21)8-23-17(13)14(11)19(24)25-18(12)15(9)20/h3-6,8H,2H2,1H3,(H2,22,23). The molecule has 2 aromatic carbocycles. The molecule has 5 nitrogen and oxygen atoms in total. The van der Waals surface area contributed by atoms with Crippen LogP contribution in [0, 0.1) is 11.3 Å². The second-order valence-electron chi connectivity index (χ2n) is 5.74. The van der Waals surface area contributed by atoms with Gasteiger partial charge >= 0.3 is 5.63 Å². The Bertz CT molecular complexity index is 1290. The number of pyridine rings is 1. The molecule has 122 valence electrons. The molecule has 0 saturated heterocycles. The van der Waals surface area contributed by atoms with E-state index in [1.165, 1.54) is 6.20 Å². The van der Waals surface area contributed by atoms with E-state index in [2.05, 4.69) is 4.98 Å². The zero-order chi connectivity index (χ0) is 17.7. The van der Waals surface area contributed by atoms with E-state index in [1.807, 2.05) is 25.1 Å². The number of hydrogen-bond donors (Lipinski definition) is 1. The molecule has 4 rings (SSSR count). The second kappa shape index (κ2) is 5.47. The van der Waals surface area contributed by atoms with Crippen LogP contribution in [0.4, 0.5) is 5.69 Å². The lowest BCUT2D eigenvalue weighted by Crippen LogP contribution is -2.04. The quantitative estimate of drug-likeness (QED) is 0.411. The number of nitrogen functional groups attached to an aromatic ring is 1. The molecule has 0 atom stereocenters. The number of benzene rings is 2. The molecule has 0 saturated carbocycles. The number of aromatic nitrogens is 1.